The summed E-state index contributed by atoms with van der Waals surface area (Å²) in [5.74, 6) is -1.72. The Balaban J connectivity index is 0. The molecular weight excluding hydrogens is 344 g/mol. The van der Waals surface area contributed by atoms with Gasteiger partial charge >= 0.3 is 57.4 Å². The fraction of sp³-hybridized carbons (Fsp3) is 0.750. The number of hydrogen-bond acceptors (Lipinski definition) is 3. The van der Waals surface area contributed by atoms with E-state index in [4.69, 9.17) is 9.84 Å². The van der Waals surface area contributed by atoms with Gasteiger partial charge in [-0.3, -0.25) is 0 Å². The van der Waals surface area contributed by atoms with Crippen molar-refractivity contribution in [2.45, 2.75) is 71.1 Å². The van der Waals surface area contributed by atoms with Crippen LogP contribution in [0.5, 0.6) is 0 Å². The van der Waals surface area contributed by atoms with Crippen LogP contribution in [-0.4, -0.2) is 69.1 Å². The van der Waals surface area contributed by atoms with Crippen molar-refractivity contribution in [3.63, 3.8) is 0 Å². The molecule has 0 unspecified atom stereocenters. The Labute approximate surface area is 165 Å². The van der Waals surface area contributed by atoms with Gasteiger partial charge in [0.1, 0.15) is 0 Å². The van der Waals surface area contributed by atoms with Gasteiger partial charge in [0.25, 0.3) is 0 Å². The summed E-state index contributed by atoms with van der Waals surface area (Å²) in [6.07, 6.45) is 14.0. The molecule has 0 fully saturated rings. The van der Waals surface area contributed by atoms with Gasteiger partial charge in [0.15, 0.2) is 0 Å². The van der Waals surface area contributed by atoms with Gasteiger partial charge in [0.2, 0.25) is 0 Å². The first kappa shape index (κ1) is 23.4. The molecule has 0 amide bonds. The zero-order valence-electron chi connectivity index (χ0n) is 12.6. The van der Waals surface area contributed by atoms with Crippen LogP contribution in [0.4, 0.5) is 0 Å². The van der Waals surface area contributed by atoms with E-state index in [1.165, 1.54) is 51.4 Å². The van der Waals surface area contributed by atoms with E-state index in [2.05, 4.69) is 6.92 Å². The Morgan fingerprint density at radius 3 is 1.81 bits per heavy atom. The van der Waals surface area contributed by atoms with E-state index >= 15 is 0 Å². The molecule has 0 aromatic rings. The summed E-state index contributed by atoms with van der Waals surface area (Å²) in [6, 6.07) is 0. The molecule has 0 aliphatic rings. The second kappa shape index (κ2) is 18.2. The minimum absolute atomic E-state index is 0. The van der Waals surface area contributed by atoms with Gasteiger partial charge in [-0.25, -0.2) is 9.59 Å². The third-order valence-electron chi connectivity index (χ3n) is 3.10. The van der Waals surface area contributed by atoms with E-state index in [1.54, 1.807) is 0 Å². The molecule has 0 spiro atoms. The van der Waals surface area contributed by atoms with Crippen molar-refractivity contribution in [3.8, 4) is 0 Å². The van der Waals surface area contributed by atoms with Gasteiger partial charge in [-0.05, 0) is 6.42 Å². The van der Waals surface area contributed by atoms with E-state index in [0.717, 1.165) is 25.0 Å². The molecule has 4 nitrogen and oxygen atoms in total. The number of rotatable bonds is 13. The Kier molecular flexibility index (Phi) is 20.3. The monoisotopic (exact) mass is 374 g/mol. The number of ether oxygens (including phenoxy) is 1. The molecule has 0 aromatic carbocycles. The van der Waals surface area contributed by atoms with Crippen LogP contribution in [0.1, 0.15) is 71.1 Å². The molecule has 5 heteroatoms. The van der Waals surface area contributed by atoms with Gasteiger partial charge in [-0.15, -0.1) is 0 Å². The normalized spacial score (nSPS) is 10.3. The predicted octanol–water partition coefficient (Wildman–Crippen LogP) is 3.18. The molecular formula is C16H30O4Sr. The zero-order valence-corrected chi connectivity index (χ0v) is 12.6. The molecule has 0 saturated carbocycles. The second-order valence-corrected chi connectivity index (χ2v) is 5.02. The number of carboxylic acid groups (broad SMARTS) is 1. The SMILES string of the molecule is CCCCCCCCCCCCOC(=O)C=CC(=O)O.[SrH2]. The van der Waals surface area contributed by atoms with Gasteiger partial charge in [-0.1, -0.05) is 64.7 Å². The number of esters is 1. The summed E-state index contributed by atoms with van der Waals surface area (Å²) >= 11 is 0. The fourth-order valence-electron chi connectivity index (χ4n) is 1.95. The van der Waals surface area contributed by atoms with E-state index < -0.39 is 11.9 Å². The molecule has 1 N–H and O–H groups in total. The summed E-state index contributed by atoms with van der Waals surface area (Å²) in [5.41, 5.74) is 0. The van der Waals surface area contributed by atoms with Crippen molar-refractivity contribution in [1.82, 2.24) is 0 Å². The standard InChI is InChI=1S/C16H28O4.Sr.2H/c1-2-3-4-5-6-7-8-9-10-11-14-20-16(19)13-12-15(17)18;;;/h12-13H,2-11,14H2,1H3,(H,17,18);;;. The van der Waals surface area contributed by atoms with Gasteiger partial charge in [0, 0.05) is 12.2 Å². The summed E-state index contributed by atoms with van der Waals surface area (Å²) < 4.78 is 4.88. The van der Waals surface area contributed by atoms with Crippen LogP contribution >= 0.6 is 0 Å². The Morgan fingerprint density at radius 2 is 1.33 bits per heavy atom. The molecule has 120 valence electrons. The van der Waals surface area contributed by atoms with E-state index in [9.17, 15) is 9.59 Å². The fourth-order valence-corrected chi connectivity index (χ4v) is 1.95. The summed E-state index contributed by atoms with van der Waals surface area (Å²) in [5, 5.41) is 8.33. The van der Waals surface area contributed by atoms with Crippen molar-refractivity contribution >= 4 is 57.4 Å². The molecule has 0 rings (SSSR count). The average Bonchev–Trinajstić information content (AvgIpc) is 2.42. The first-order chi connectivity index (χ1) is 9.66. The van der Waals surface area contributed by atoms with Crippen molar-refractivity contribution < 1.29 is 19.4 Å². The van der Waals surface area contributed by atoms with Gasteiger partial charge in [-0.2, -0.15) is 0 Å². The van der Waals surface area contributed by atoms with Crippen molar-refractivity contribution in [1.29, 1.82) is 0 Å². The van der Waals surface area contributed by atoms with Crippen LogP contribution in [0.3, 0.4) is 0 Å². The van der Waals surface area contributed by atoms with Crippen LogP contribution in [0.2, 0.25) is 0 Å². The third kappa shape index (κ3) is 20.2. The number of carbonyl (C=O) groups is 2. The molecule has 0 aliphatic carbocycles. The number of hydrogen-bond donors (Lipinski definition) is 1. The number of unbranched alkanes of at least 4 members (excludes halogenated alkanes) is 9. The van der Waals surface area contributed by atoms with E-state index in [1.807, 2.05) is 0 Å². The number of aliphatic carboxylic acids is 1. The first-order valence-corrected chi connectivity index (χ1v) is 7.74. The summed E-state index contributed by atoms with van der Waals surface area (Å²) in [4.78, 5) is 21.2. The van der Waals surface area contributed by atoms with Crippen LogP contribution in [0.15, 0.2) is 12.2 Å². The molecule has 0 atom stereocenters. The Hall–Kier alpha value is 0.161. The Morgan fingerprint density at radius 1 is 0.857 bits per heavy atom. The Bertz CT molecular complexity index is 290. The quantitative estimate of drug-likeness (QED) is 0.233. The maximum atomic E-state index is 11.0. The molecule has 21 heavy (non-hydrogen) atoms. The molecule has 0 aromatic heterocycles. The number of carboxylic acids is 1. The van der Waals surface area contributed by atoms with E-state index in [-0.39, 0.29) is 45.5 Å². The maximum absolute atomic E-state index is 11.0. The minimum atomic E-state index is -1.14. The zero-order chi connectivity index (χ0) is 15.1. The topological polar surface area (TPSA) is 63.6 Å². The van der Waals surface area contributed by atoms with Crippen molar-refractivity contribution in [2.75, 3.05) is 6.61 Å². The summed E-state index contributed by atoms with van der Waals surface area (Å²) in [7, 11) is 0. The summed E-state index contributed by atoms with van der Waals surface area (Å²) in [6.45, 7) is 2.60. The van der Waals surface area contributed by atoms with Crippen LogP contribution in [-0.2, 0) is 14.3 Å². The van der Waals surface area contributed by atoms with Crippen LogP contribution < -0.4 is 0 Å². The van der Waals surface area contributed by atoms with Crippen molar-refractivity contribution in [2.24, 2.45) is 0 Å². The third-order valence-corrected chi connectivity index (χ3v) is 3.10. The second-order valence-electron chi connectivity index (χ2n) is 5.02. The molecule has 0 radical (unpaired) electrons. The molecule has 0 heterocycles. The van der Waals surface area contributed by atoms with E-state index in [0.29, 0.717) is 6.61 Å². The first-order valence-electron chi connectivity index (χ1n) is 7.74. The van der Waals surface area contributed by atoms with Crippen LogP contribution in [0.25, 0.3) is 0 Å². The molecule has 0 aliphatic heterocycles. The number of carbonyl (C=O) groups excluding carboxylic acids is 1. The van der Waals surface area contributed by atoms with Gasteiger partial charge in [0.05, 0.1) is 6.61 Å². The average molecular weight is 374 g/mol. The van der Waals surface area contributed by atoms with Crippen LogP contribution in [0, 0.1) is 0 Å². The van der Waals surface area contributed by atoms with Gasteiger partial charge < -0.3 is 9.84 Å². The predicted molar refractivity (Wildman–Crippen MR) is 88.1 cm³/mol. The molecule has 0 bridgehead atoms. The van der Waals surface area contributed by atoms with Crippen molar-refractivity contribution in [3.05, 3.63) is 12.2 Å². The molecule has 0 saturated heterocycles.